The molecule has 8 heteroatoms. The molecule has 1 saturated heterocycles. The summed E-state index contributed by atoms with van der Waals surface area (Å²) in [6.07, 6.45) is 0.527. The van der Waals surface area contributed by atoms with Crippen molar-refractivity contribution >= 4 is 18.0 Å². The topological polar surface area (TPSA) is 105 Å². The third kappa shape index (κ3) is 4.14. The van der Waals surface area contributed by atoms with Crippen molar-refractivity contribution in [3.05, 3.63) is 59.7 Å². The Morgan fingerprint density at radius 1 is 1.12 bits per heavy atom. The highest BCUT2D eigenvalue weighted by molar-refractivity contribution is 5.92. The van der Waals surface area contributed by atoms with Crippen molar-refractivity contribution in [2.45, 2.75) is 43.7 Å². The van der Waals surface area contributed by atoms with E-state index >= 15 is 0 Å². The number of rotatable bonds is 8. The predicted molar refractivity (Wildman–Crippen MR) is 125 cm³/mol. The standard InChI is InChI=1S/C26H30N2O6/c1-3-26(24(30)31)13-8-14-28(26)23(29)22(16-33-2)27-25(32)34-15-21-19-11-6-4-9-17(19)18-10-5-7-12-20(18)21/h4-7,9-12,21-22H,3,8,13-16H2,1-2H3,(H,27,32)(H,30,31)/t22-,26?/m0/s1. The van der Waals surface area contributed by atoms with Crippen LogP contribution >= 0.6 is 0 Å². The van der Waals surface area contributed by atoms with Gasteiger partial charge in [0.2, 0.25) is 5.91 Å². The highest BCUT2D eigenvalue weighted by Crippen LogP contribution is 2.44. The third-order valence-electron chi connectivity index (χ3n) is 7.00. The number of nitrogens with zero attached hydrogens (tertiary/aromatic N) is 1. The van der Waals surface area contributed by atoms with E-state index in [-0.39, 0.29) is 19.1 Å². The van der Waals surface area contributed by atoms with E-state index in [1.54, 1.807) is 6.92 Å². The molecule has 1 heterocycles. The highest BCUT2D eigenvalue weighted by Gasteiger charge is 2.50. The van der Waals surface area contributed by atoms with Gasteiger partial charge in [0, 0.05) is 19.6 Å². The molecule has 4 rings (SSSR count). The Morgan fingerprint density at radius 2 is 1.74 bits per heavy atom. The van der Waals surface area contributed by atoms with E-state index in [1.807, 2.05) is 36.4 Å². The number of hydrogen-bond donors (Lipinski definition) is 2. The molecule has 34 heavy (non-hydrogen) atoms. The number of carbonyl (C=O) groups is 3. The number of nitrogens with one attached hydrogen (secondary N) is 1. The Bertz CT molecular complexity index is 1040. The van der Waals surface area contributed by atoms with Crippen LogP contribution in [-0.2, 0) is 19.1 Å². The molecule has 1 fully saturated rings. The van der Waals surface area contributed by atoms with E-state index in [0.29, 0.717) is 25.8 Å². The number of amides is 2. The van der Waals surface area contributed by atoms with Gasteiger partial charge in [0.25, 0.3) is 0 Å². The molecule has 2 N–H and O–H groups in total. The lowest BCUT2D eigenvalue weighted by Crippen LogP contribution is -2.59. The van der Waals surface area contributed by atoms with Crippen molar-refractivity contribution < 1.29 is 29.0 Å². The second kappa shape index (κ2) is 9.85. The lowest BCUT2D eigenvalue weighted by Gasteiger charge is -2.36. The minimum Gasteiger partial charge on any atom is -0.479 e. The van der Waals surface area contributed by atoms with Gasteiger partial charge in [-0.1, -0.05) is 55.5 Å². The largest absolute Gasteiger partial charge is 0.479 e. The molecule has 1 aliphatic heterocycles. The van der Waals surface area contributed by atoms with Crippen molar-refractivity contribution in [3.63, 3.8) is 0 Å². The first kappa shape index (κ1) is 23.8. The minimum absolute atomic E-state index is 0.0844. The zero-order valence-corrected chi connectivity index (χ0v) is 19.5. The van der Waals surface area contributed by atoms with Crippen LogP contribution in [0.5, 0.6) is 0 Å². The highest BCUT2D eigenvalue weighted by atomic mass is 16.5. The van der Waals surface area contributed by atoms with Crippen LogP contribution < -0.4 is 5.32 Å². The van der Waals surface area contributed by atoms with Crippen LogP contribution in [0.15, 0.2) is 48.5 Å². The number of carboxylic acid groups (broad SMARTS) is 1. The van der Waals surface area contributed by atoms with E-state index in [4.69, 9.17) is 9.47 Å². The number of methoxy groups -OCH3 is 1. The molecular weight excluding hydrogens is 436 g/mol. The number of ether oxygens (including phenoxy) is 2. The molecule has 2 amide bonds. The summed E-state index contributed by atoms with van der Waals surface area (Å²) in [5.41, 5.74) is 3.17. The van der Waals surface area contributed by atoms with Crippen molar-refractivity contribution in [1.29, 1.82) is 0 Å². The molecule has 1 aliphatic carbocycles. The van der Waals surface area contributed by atoms with E-state index < -0.39 is 29.6 Å². The van der Waals surface area contributed by atoms with Crippen LogP contribution in [0, 0.1) is 0 Å². The molecule has 0 saturated carbocycles. The fraction of sp³-hybridized carbons (Fsp3) is 0.423. The second-order valence-corrected chi connectivity index (χ2v) is 8.76. The third-order valence-corrected chi connectivity index (χ3v) is 7.00. The molecule has 8 nitrogen and oxygen atoms in total. The van der Waals surface area contributed by atoms with Gasteiger partial charge in [-0.3, -0.25) is 4.79 Å². The molecule has 2 aliphatic rings. The van der Waals surface area contributed by atoms with Gasteiger partial charge in [-0.15, -0.1) is 0 Å². The van der Waals surface area contributed by atoms with E-state index in [0.717, 1.165) is 22.3 Å². The average molecular weight is 467 g/mol. The van der Waals surface area contributed by atoms with E-state index in [9.17, 15) is 19.5 Å². The summed E-state index contributed by atoms with van der Waals surface area (Å²) in [6, 6.07) is 15.0. The first-order valence-electron chi connectivity index (χ1n) is 11.6. The summed E-state index contributed by atoms with van der Waals surface area (Å²) in [5.74, 6) is -1.61. The van der Waals surface area contributed by atoms with Gasteiger partial charge in [0.15, 0.2) is 0 Å². The number of alkyl carbamates (subject to hydrolysis) is 1. The maximum Gasteiger partial charge on any atom is 0.407 e. The quantitative estimate of drug-likeness (QED) is 0.618. The SMILES string of the molecule is CCC1(C(=O)O)CCCN1C(=O)[C@H](COC)NC(=O)OCC1c2ccccc2-c2ccccc21. The number of hydrogen-bond acceptors (Lipinski definition) is 5. The summed E-state index contributed by atoms with van der Waals surface area (Å²) in [7, 11) is 1.42. The number of carboxylic acids is 1. The molecular formula is C26H30N2O6. The molecule has 2 atom stereocenters. The van der Waals surface area contributed by atoms with Crippen LogP contribution in [0.2, 0.25) is 0 Å². The molecule has 0 radical (unpaired) electrons. The maximum absolute atomic E-state index is 13.2. The Labute approximate surface area is 198 Å². The number of carbonyl (C=O) groups excluding carboxylic acids is 2. The smallest absolute Gasteiger partial charge is 0.407 e. The Balaban J connectivity index is 1.45. The lowest BCUT2D eigenvalue weighted by molar-refractivity contribution is -0.158. The molecule has 0 aromatic heterocycles. The number of benzene rings is 2. The average Bonchev–Trinajstić information content (AvgIpc) is 3.42. The number of likely N-dealkylation sites (tertiary alicyclic amines) is 1. The normalized spacial score (nSPS) is 19.9. The van der Waals surface area contributed by atoms with Crippen LogP contribution in [-0.4, -0.2) is 66.4 Å². The van der Waals surface area contributed by atoms with Gasteiger partial charge >= 0.3 is 12.1 Å². The van der Waals surface area contributed by atoms with E-state index in [1.165, 1.54) is 12.0 Å². The maximum atomic E-state index is 13.2. The zero-order chi connectivity index (χ0) is 24.3. The molecule has 2 aromatic carbocycles. The Hall–Kier alpha value is -3.39. The number of fused-ring (bicyclic) bond motifs is 3. The summed E-state index contributed by atoms with van der Waals surface area (Å²) in [4.78, 5) is 39.3. The van der Waals surface area contributed by atoms with Gasteiger partial charge in [0.05, 0.1) is 6.61 Å². The van der Waals surface area contributed by atoms with Crippen LogP contribution in [0.3, 0.4) is 0 Å². The summed E-state index contributed by atoms with van der Waals surface area (Å²) in [6.45, 7) is 2.11. The lowest BCUT2D eigenvalue weighted by atomic mass is 9.92. The molecule has 0 spiro atoms. The number of aliphatic carboxylic acids is 1. The van der Waals surface area contributed by atoms with Gasteiger partial charge in [-0.05, 0) is 41.5 Å². The Morgan fingerprint density at radius 3 is 2.29 bits per heavy atom. The summed E-state index contributed by atoms with van der Waals surface area (Å²) in [5, 5.41) is 12.4. The van der Waals surface area contributed by atoms with Gasteiger partial charge in [-0.2, -0.15) is 0 Å². The van der Waals surface area contributed by atoms with Crippen molar-refractivity contribution in [2.24, 2.45) is 0 Å². The van der Waals surface area contributed by atoms with Crippen LogP contribution in [0.4, 0.5) is 4.79 Å². The van der Waals surface area contributed by atoms with Gasteiger partial charge < -0.3 is 24.8 Å². The predicted octanol–water partition coefficient (Wildman–Crippen LogP) is 3.40. The minimum atomic E-state index is -1.26. The van der Waals surface area contributed by atoms with E-state index in [2.05, 4.69) is 17.4 Å². The fourth-order valence-electron chi connectivity index (χ4n) is 5.25. The van der Waals surface area contributed by atoms with Crippen LogP contribution in [0.1, 0.15) is 43.2 Å². The second-order valence-electron chi connectivity index (χ2n) is 8.76. The Kier molecular flexibility index (Phi) is 6.88. The summed E-state index contributed by atoms with van der Waals surface area (Å²) >= 11 is 0. The first-order chi connectivity index (χ1) is 16.4. The molecule has 2 aromatic rings. The molecule has 180 valence electrons. The zero-order valence-electron chi connectivity index (χ0n) is 19.5. The van der Waals surface area contributed by atoms with Crippen LogP contribution in [0.25, 0.3) is 11.1 Å². The van der Waals surface area contributed by atoms with Crippen molar-refractivity contribution in [2.75, 3.05) is 26.9 Å². The fourth-order valence-corrected chi connectivity index (χ4v) is 5.25. The van der Waals surface area contributed by atoms with Gasteiger partial charge in [0.1, 0.15) is 18.2 Å². The van der Waals surface area contributed by atoms with Gasteiger partial charge in [-0.25, -0.2) is 9.59 Å². The first-order valence-corrected chi connectivity index (χ1v) is 11.6. The van der Waals surface area contributed by atoms with Crippen molar-refractivity contribution in [1.82, 2.24) is 10.2 Å². The summed E-state index contributed by atoms with van der Waals surface area (Å²) < 4.78 is 10.7. The molecule has 1 unspecified atom stereocenters. The van der Waals surface area contributed by atoms with Crippen molar-refractivity contribution in [3.8, 4) is 11.1 Å². The molecule has 0 bridgehead atoms. The monoisotopic (exact) mass is 466 g/mol.